The Kier molecular flexibility index (Phi) is 2.54. The Morgan fingerprint density at radius 1 is 1.41 bits per heavy atom. The highest BCUT2D eigenvalue weighted by Gasteiger charge is 2.43. The Morgan fingerprint density at radius 3 is 2.88 bits per heavy atom. The van der Waals surface area contributed by atoms with Crippen molar-refractivity contribution in [1.82, 2.24) is 4.90 Å². The lowest BCUT2D eigenvalue weighted by atomic mass is 10.0. The maximum atomic E-state index is 12.2. The summed E-state index contributed by atoms with van der Waals surface area (Å²) in [6, 6.07) is 3.86. The molecule has 2 unspecified atom stereocenters. The molecule has 4 heteroatoms. The lowest BCUT2D eigenvalue weighted by Crippen LogP contribution is -2.29. The fourth-order valence-corrected chi connectivity index (χ4v) is 3.75. The molecule has 0 bridgehead atoms. The van der Waals surface area contributed by atoms with Gasteiger partial charge in [0.05, 0.1) is 4.88 Å². The van der Waals surface area contributed by atoms with Crippen LogP contribution in [-0.4, -0.2) is 29.7 Å². The van der Waals surface area contributed by atoms with E-state index < -0.39 is 0 Å². The van der Waals surface area contributed by atoms with Crippen molar-refractivity contribution in [2.24, 2.45) is 11.8 Å². The van der Waals surface area contributed by atoms with Gasteiger partial charge < -0.3 is 4.90 Å². The molecule has 1 aliphatic carbocycles. The van der Waals surface area contributed by atoms with E-state index in [0.29, 0.717) is 18.2 Å². The van der Waals surface area contributed by atoms with Gasteiger partial charge in [0.1, 0.15) is 5.78 Å². The van der Waals surface area contributed by atoms with Crippen LogP contribution in [0, 0.1) is 18.8 Å². The standard InChI is InChI=1S/C13H15NO2S/c1-8-2-5-12(17-8)13(16)14-6-9-3-4-11(15)10(9)7-14/h2,5,9-10H,3-4,6-7H2,1H3. The summed E-state index contributed by atoms with van der Waals surface area (Å²) >= 11 is 1.54. The van der Waals surface area contributed by atoms with Crippen molar-refractivity contribution >= 4 is 23.0 Å². The van der Waals surface area contributed by atoms with Crippen LogP contribution in [0.5, 0.6) is 0 Å². The largest absolute Gasteiger partial charge is 0.337 e. The Bertz CT molecular complexity index is 480. The smallest absolute Gasteiger partial charge is 0.263 e. The number of aryl methyl sites for hydroxylation is 1. The van der Waals surface area contributed by atoms with Gasteiger partial charge in [-0.1, -0.05) is 0 Å². The second kappa shape index (κ2) is 3.95. The summed E-state index contributed by atoms with van der Waals surface area (Å²) in [5, 5.41) is 0. The lowest BCUT2D eigenvalue weighted by molar-refractivity contribution is -0.120. The molecule has 17 heavy (non-hydrogen) atoms. The highest BCUT2D eigenvalue weighted by atomic mass is 32.1. The SMILES string of the molecule is Cc1ccc(C(=O)N2CC3CCC(=O)C3C2)s1. The molecule has 1 aliphatic heterocycles. The Hall–Kier alpha value is -1.16. The average molecular weight is 249 g/mol. The minimum absolute atomic E-state index is 0.102. The number of carbonyl (C=O) groups excluding carboxylic acids is 2. The van der Waals surface area contributed by atoms with Gasteiger partial charge in [-0.15, -0.1) is 11.3 Å². The molecule has 3 rings (SSSR count). The van der Waals surface area contributed by atoms with Crippen molar-refractivity contribution < 1.29 is 9.59 Å². The number of hydrogen-bond donors (Lipinski definition) is 0. The average Bonchev–Trinajstić information content (AvgIpc) is 2.96. The van der Waals surface area contributed by atoms with Crippen LogP contribution in [0.3, 0.4) is 0 Å². The third-order valence-electron chi connectivity index (χ3n) is 3.85. The third kappa shape index (κ3) is 1.80. The number of thiophene rings is 1. The maximum absolute atomic E-state index is 12.2. The van der Waals surface area contributed by atoms with Crippen molar-refractivity contribution in [3.63, 3.8) is 0 Å². The number of carbonyl (C=O) groups is 2. The molecule has 2 fully saturated rings. The molecule has 0 radical (unpaired) electrons. The first-order valence-corrected chi connectivity index (χ1v) is 6.85. The number of fused-ring (bicyclic) bond motifs is 1. The molecule has 1 saturated heterocycles. The van der Waals surface area contributed by atoms with Crippen LogP contribution in [0.4, 0.5) is 0 Å². The minimum Gasteiger partial charge on any atom is -0.337 e. The molecule has 3 nitrogen and oxygen atoms in total. The lowest BCUT2D eigenvalue weighted by Gasteiger charge is -2.15. The summed E-state index contributed by atoms with van der Waals surface area (Å²) in [7, 11) is 0. The van der Waals surface area contributed by atoms with E-state index in [0.717, 1.165) is 29.1 Å². The first-order chi connectivity index (χ1) is 8.15. The zero-order chi connectivity index (χ0) is 12.0. The number of amides is 1. The number of ketones is 1. The van der Waals surface area contributed by atoms with Crippen molar-refractivity contribution in [2.45, 2.75) is 19.8 Å². The number of rotatable bonds is 1. The summed E-state index contributed by atoms with van der Waals surface area (Å²) < 4.78 is 0. The second-order valence-corrected chi connectivity index (χ2v) is 6.28. The van der Waals surface area contributed by atoms with Crippen molar-refractivity contribution in [1.29, 1.82) is 0 Å². The van der Waals surface area contributed by atoms with E-state index in [4.69, 9.17) is 0 Å². The van der Waals surface area contributed by atoms with Gasteiger partial charge in [0, 0.05) is 30.3 Å². The highest BCUT2D eigenvalue weighted by molar-refractivity contribution is 7.13. The minimum atomic E-state index is 0.102. The van der Waals surface area contributed by atoms with Gasteiger partial charge in [-0.05, 0) is 31.4 Å². The number of likely N-dealkylation sites (tertiary alicyclic amines) is 1. The second-order valence-electron chi connectivity index (χ2n) is 4.99. The van der Waals surface area contributed by atoms with Crippen LogP contribution in [0.2, 0.25) is 0 Å². The van der Waals surface area contributed by atoms with Gasteiger partial charge in [0.15, 0.2) is 0 Å². The summed E-state index contributed by atoms with van der Waals surface area (Å²) in [5.41, 5.74) is 0. The fourth-order valence-electron chi connectivity index (χ4n) is 2.91. The van der Waals surface area contributed by atoms with E-state index >= 15 is 0 Å². The predicted molar refractivity (Wildman–Crippen MR) is 66.2 cm³/mol. The van der Waals surface area contributed by atoms with E-state index in [1.54, 1.807) is 0 Å². The van der Waals surface area contributed by atoms with E-state index in [1.165, 1.54) is 11.3 Å². The van der Waals surface area contributed by atoms with E-state index in [2.05, 4.69) is 0 Å². The van der Waals surface area contributed by atoms with Crippen LogP contribution in [0.15, 0.2) is 12.1 Å². The first-order valence-electron chi connectivity index (χ1n) is 6.03. The molecular formula is C13H15NO2S. The normalized spacial score (nSPS) is 27.6. The highest BCUT2D eigenvalue weighted by Crippen LogP contribution is 2.36. The van der Waals surface area contributed by atoms with Gasteiger partial charge in [-0.2, -0.15) is 0 Å². The maximum Gasteiger partial charge on any atom is 0.263 e. The zero-order valence-electron chi connectivity index (χ0n) is 9.81. The number of nitrogens with zero attached hydrogens (tertiary/aromatic N) is 1. The van der Waals surface area contributed by atoms with E-state index in [9.17, 15) is 9.59 Å². The molecule has 90 valence electrons. The summed E-state index contributed by atoms with van der Waals surface area (Å²) in [6.07, 6.45) is 1.69. The quantitative estimate of drug-likeness (QED) is 0.764. The Balaban J connectivity index is 1.75. The molecule has 0 N–H and O–H groups in total. The molecule has 2 atom stereocenters. The van der Waals surface area contributed by atoms with Crippen LogP contribution >= 0.6 is 11.3 Å². The Morgan fingerprint density at radius 2 is 2.24 bits per heavy atom. The molecule has 1 saturated carbocycles. The van der Waals surface area contributed by atoms with Crippen molar-refractivity contribution in [2.75, 3.05) is 13.1 Å². The summed E-state index contributed by atoms with van der Waals surface area (Å²) in [5.74, 6) is 1.01. The monoisotopic (exact) mass is 249 g/mol. The van der Waals surface area contributed by atoms with Crippen LogP contribution in [-0.2, 0) is 4.79 Å². The molecule has 2 aliphatic rings. The fraction of sp³-hybridized carbons (Fsp3) is 0.538. The van der Waals surface area contributed by atoms with E-state index in [1.807, 2.05) is 24.0 Å². The van der Waals surface area contributed by atoms with Gasteiger partial charge >= 0.3 is 0 Å². The third-order valence-corrected chi connectivity index (χ3v) is 4.84. The van der Waals surface area contributed by atoms with Gasteiger partial charge in [-0.25, -0.2) is 0 Å². The van der Waals surface area contributed by atoms with Gasteiger partial charge in [0.25, 0.3) is 5.91 Å². The molecule has 1 amide bonds. The summed E-state index contributed by atoms with van der Waals surface area (Å²) in [6.45, 7) is 3.41. The number of Topliss-reactive ketones (excluding diaryl/α,β-unsaturated/α-hetero) is 1. The zero-order valence-corrected chi connectivity index (χ0v) is 10.6. The summed E-state index contributed by atoms with van der Waals surface area (Å²) in [4.78, 5) is 27.7. The van der Waals surface area contributed by atoms with Gasteiger partial charge in [0.2, 0.25) is 0 Å². The predicted octanol–water partition coefficient (Wildman–Crippen LogP) is 2.11. The van der Waals surface area contributed by atoms with Gasteiger partial charge in [-0.3, -0.25) is 9.59 Å². The number of hydrogen-bond acceptors (Lipinski definition) is 3. The topological polar surface area (TPSA) is 37.4 Å². The molecule has 0 aromatic carbocycles. The molecule has 0 spiro atoms. The van der Waals surface area contributed by atoms with Crippen LogP contribution in [0.25, 0.3) is 0 Å². The molecular weight excluding hydrogens is 234 g/mol. The van der Waals surface area contributed by atoms with E-state index in [-0.39, 0.29) is 11.8 Å². The molecule has 1 aromatic heterocycles. The first kappa shape index (κ1) is 11.0. The molecule has 1 aromatic rings. The van der Waals surface area contributed by atoms with Crippen LogP contribution < -0.4 is 0 Å². The molecule has 2 heterocycles. The van der Waals surface area contributed by atoms with Crippen LogP contribution in [0.1, 0.15) is 27.4 Å². The van der Waals surface area contributed by atoms with Crippen molar-refractivity contribution in [3.05, 3.63) is 21.9 Å². The van der Waals surface area contributed by atoms with Crippen molar-refractivity contribution in [3.8, 4) is 0 Å². The Labute approximate surface area is 104 Å².